The van der Waals surface area contributed by atoms with Crippen LogP contribution in [0, 0.1) is 0 Å². The number of hydrogen-bond donors (Lipinski definition) is 1. The van der Waals surface area contributed by atoms with E-state index in [0.717, 1.165) is 58.2 Å². The van der Waals surface area contributed by atoms with Gasteiger partial charge in [0.1, 0.15) is 0 Å². The molecule has 0 radical (unpaired) electrons. The molecule has 0 aliphatic carbocycles. The molecule has 1 aliphatic rings. The minimum absolute atomic E-state index is 0.0882. The van der Waals surface area contributed by atoms with Crippen LogP contribution in [-0.4, -0.2) is 30.2 Å². The second kappa shape index (κ2) is 12.1. The predicted molar refractivity (Wildman–Crippen MR) is 91.9 cm³/mol. The van der Waals surface area contributed by atoms with Crippen LogP contribution in [0.5, 0.6) is 0 Å². The highest BCUT2D eigenvalue weighted by Crippen LogP contribution is 2.25. The third-order valence-electron chi connectivity index (χ3n) is 4.37. The molecule has 0 spiro atoms. The Kier molecular flexibility index (Phi) is 10.8. The van der Waals surface area contributed by atoms with Crippen molar-refractivity contribution in [3.63, 3.8) is 0 Å². The number of aliphatic hydroxyl groups excluding tert-OH is 1. The van der Waals surface area contributed by atoms with Gasteiger partial charge < -0.3 is 14.6 Å². The molecule has 1 atom stereocenters. The fourth-order valence-corrected chi connectivity index (χ4v) is 2.88. The quantitative estimate of drug-likeness (QED) is 0.385. The van der Waals surface area contributed by atoms with Crippen LogP contribution in [0.2, 0.25) is 0 Å². The fraction of sp³-hybridized carbons (Fsp3) is 0.895. The van der Waals surface area contributed by atoms with Crippen molar-refractivity contribution >= 4 is 0 Å². The fourth-order valence-electron chi connectivity index (χ4n) is 2.88. The summed E-state index contributed by atoms with van der Waals surface area (Å²) in [5, 5.41) is 9.75. The van der Waals surface area contributed by atoms with Gasteiger partial charge in [0.2, 0.25) is 0 Å². The number of unbranched alkanes of at least 4 members (excludes halogenated alkanes) is 5. The Morgan fingerprint density at radius 1 is 0.955 bits per heavy atom. The molecule has 0 aromatic rings. The van der Waals surface area contributed by atoms with Crippen molar-refractivity contribution < 1.29 is 14.6 Å². The van der Waals surface area contributed by atoms with Crippen molar-refractivity contribution in [2.24, 2.45) is 0 Å². The average molecular weight is 312 g/mol. The number of rotatable bonds is 13. The van der Waals surface area contributed by atoms with Crippen LogP contribution in [0.1, 0.15) is 84.5 Å². The van der Waals surface area contributed by atoms with E-state index in [1.165, 1.54) is 25.7 Å². The van der Waals surface area contributed by atoms with Crippen molar-refractivity contribution in [1.82, 2.24) is 0 Å². The Morgan fingerprint density at radius 2 is 1.59 bits per heavy atom. The van der Waals surface area contributed by atoms with Gasteiger partial charge >= 0.3 is 0 Å². The second-order valence-electron chi connectivity index (χ2n) is 6.63. The van der Waals surface area contributed by atoms with Gasteiger partial charge in [-0.05, 0) is 51.9 Å². The first-order valence-corrected chi connectivity index (χ1v) is 9.27. The first-order chi connectivity index (χ1) is 10.7. The van der Waals surface area contributed by atoms with Crippen molar-refractivity contribution in [3.8, 4) is 0 Å². The topological polar surface area (TPSA) is 38.7 Å². The van der Waals surface area contributed by atoms with Crippen LogP contribution in [0.15, 0.2) is 12.2 Å². The molecule has 3 heteroatoms. The number of allylic oxidation sites excluding steroid dienone is 2. The SMILES string of the molecule is CCCCC(O)CCCC=CCCCCCC1(C)OCCO1. The average Bonchev–Trinajstić information content (AvgIpc) is 2.94. The normalized spacial score (nSPS) is 19.0. The standard InChI is InChI=1S/C19H36O3/c1-3-4-13-18(20)14-11-9-7-5-6-8-10-12-15-19(2)21-16-17-22-19/h5,7,18,20H,3-4,6,8-17H2,1-2H3. The zero-order chi connectivity index (χ0) is 16.1. The summed E-state index contributed by atoms with van der Waals surface area (Å²) in [6, 6.07) is 0. The van der Waals surface area contributed by atoms with E-state index in [4.69, 9.17) is 9.47 Å². The molecule has 1 rings (SSSR count). The maximum atomic E-state index is 9.75. The zero-order valence-corrected chi connectivity index (χ0v) is 14.7. The summed E-state index contributed by atoms with van der Waals surface area (Å²) in [5.41, 5.74) is 0. The van der Waals surface area contributed by atoms with E-state index in [2.05, 4.69) is 26.0 Å². The molecular formula is C19H36O3. The molecule has 1 aliphatic heterocycles. The summed E-state index contributed by atoms with van der Waals surface area (Å²) in [7, 11) is 0. The maximum Gasteiger partial charge on any atom is 0.165 e. The van der Waals surface area contributed by atoms with Gasteiger partial charge in [-0.1, -0.05) is 38.3 Å². The summed E-state index contributed by atoms with van der Waals surface area (Å²) in [4.78, 5) is 0. The van der Waals surface area contributed by atoms with Gasteiger partial charge in [-0.15, -0.1) is 0 Å². The van der Waals surface area contributed by atoms with E-state index < -0.39 is 0 Å². The Labute approximate surface area is 137 Å². The van der Waals surface area contributed by atoms with E-state index >= 15 is 0 Å². The molecule has 3 nitrogen and oxygen atoms in total. The van der Waals surface area contributed by atoms with Gasteiger partial charge in [-0.2, -0.15) is 0 Å². The lowest BCUT2D eigenvalue weighted by Gasteiger charge is -2.21. The first-order valence-electron chi connectivity index (χ1n) is 9.27. The minimum atomic E-state index is -0.311. The number of aliphatic hydroxyl groups is 1. The molecule has 0 amide bonds. The third-order valence-corrected chi connectivity index (χ3v) is 4.37. The molecule has 0 saturated carbocycles. The second-order valence-corrected chi connectivity index (χ2v) is 6.63. The van der Waals surface area contributed by atoms with Crippen LogP contribution in [0.4, 0.5) is 0 Å². The van der Waals surface area contributed by atoms with E-state index in [1.807, 2.05) is 0 Å². The van der Waals surface area contributed by atoms with E-state index in [1.54, 1.807) is 0 Å². The number of ether oxygens (including phenoxy) is 2. The molecule has 1 heterocycles. The molecule has 0 bridgehead atoms. The lowest BCUT2D eigenvalue weighted by molar-refractivity contribution is -0.147. The summed E-state index contributed by atoms with van der Waals surface area (Å²) in [5.74, 6) is -0.311. The van der Waals surface area contributed by atoms with E-state index in [-0.39, 0.29) is 11.9 Å². The third kappa shape index (κ3) is 9.60. The van der Waals surface area contributed by atoms with Gasteiger partial charge in [-0.25, -0.2) is 0 Å². The molecule has 1 N–H and O–H groups in total. The Bertz CT molecular complexity index is 282. The van der Waals surface area contributed by atoms with Crippen LogP contribution in [0.3, 0.4) is 0 Å². The van der Waals surface area contributed by atoms with Crippen molar-refractivity contribution in [2.45, 2.75) is 96.4 Å². The van der Waals surface area contributed by atoms with Gasteiger partial charge in [0.15, 0.2) is 5.79 Å². The largest absolute Gasteiger partial charge is 0.393 e. The van der Waals surface area contributed by atoms with Gasteiger partial charge in [0, 0.05) is 6.42 Å². The summed E-state index contributed by atoms with van der Waals surface area (Å²) >= 11 is 0. The van der Waals surface area contributed by atoms with Crippen molar-refractivity contribution in [2.75, 3.05) is 13.2 Å². The van der Waals surface area contributed by atoms with Gasteiger partial charge in [0.05, 0.1) is 19.3 Å². The molecule has 0 aromatic carbocycles. The first kappa shape index (κ1) is 19.7. The highest BCUT2D eigenvalue weighted by molar-refractivity contribution is 4.81. The lowest BCUT2D eigenvalue weighted by Crippen LogP contribution is -2.24. The van der Waals surface area contributed by atoms with Crippen LogP contribution in [0.25, 0.3) is 0 Å². The zero-order valence-electron chi connectivity index (χ0n) is 14.7. The van der Waals surface area contributed by atoms with Gasteiger partial charge in [-0.3, -0.25) is 0 Å². The van der Waals surface area contributed by atoms with E-state index in [0.29, 0.717) is 0 Å². The predicted octanol–water partition coefficient (Wildman–Crippen LogP) is 4.98. The van der Waals surface area contributed by atoms with Crippen molar-refractivity contribution in [1.29, 1.82) is 0 Å². The van der Waals surface area contributed by atoms with Crippen molar-refractivity contribution in [3.05, 3.63) is 12.2 Å². The number of hydrogen-bond acceptors (Lipinski definition) is 3. The minimum Gasteiger partial charge on any atom is -0.393 e. The van der Waals surface area contributed by atoms with Crippen LogP contribution in [-0.2, 0) is 9.47 Å². The molecule has 1 saturated heterocycles. The monoisotopic (exact) mass is 312 g/mol. The van der Waals surface area contributed by atoms with Crippen LogP contribution >= 0.6 is 0 Å². The smallest absolute Gasteiger partial charge is 0.165 e. The molecule has 1 fully saturated rings. The lowest BCUT2D eigenvalue weighted by atomic mass is 10.1. The molecule has 0 aromatic heterocycles. The summed E-state index contributed by atoms with van der Waals surface area (Å²) in [6.45, 7) is 5.71. The summed E-state index contributed by atoms with van der Waals surface area (Å²) < 4.78 is 11.2. The highest BCUT2D eigenvalue weighted by atomic mass is 16.7. The molecule has 22 heavy (non-hydrogen) atoms. The molecular weight excluding hydrogens is 276 g/mol. The Balaban J connectivity index is 1.86. The summed E-state index contributed by atoms with van der Waals surface area (Å²) in [6.07, 6.45) is 16.7. The Morgan fingerprint density at radius 3 is 2.27 bits per heavy atom. The highest BCUT2D eigenvalue weighted by Gasteiger charge is 2.29. The van der Waals surface area contributed by atoms with E-state index in [9.17, 15) is 5.11 Å². The Hall–Kier alpha value is -0.380. The maximum absolute atomic E-state index is 9.75. The molecule has 130 valence electrons. The van der Waals surface area contributed by atoms with Gasteiger partial charge in [0.25, 0.3) is 0 Å². The van der Waals surface area contributed by atoms with Crippen LogP contribution < -0.4 is 0 Å². The molecule has 1 unspecified atom stereocenters.